The summed E-state index contributed by atoms with van der Waals surface area (Å²) in [6.07, 6.45) is 0.921. The summed E-state index contributed by atoms with van der Waals surface area (Å²) < 4.78 is 5.14. The number of hydrogen-bond acceptors (Lipinski definition) is 4. The second kappa shape index (κ2) is 8.60. The number of para-hydroxylation sites is 1. The molecular weight excluding hydrogens is 342 g/mol. The monoisotopic (exact) mass is 365 g/mol. The van der Waals surface area contributed by atoms with Gasteiger partial charge in [0, 0.05) is 19.2 Å². The fourth-order valence-corrected chi connectivity index (χ4v) is 2.91. The van der Waals surface area contributed by atoms with Gasteiger partial charge in [0.05, 0.1) is 24.1 Å². The van der Waals surface area contributed by atoms with E-state index in [1.807, 2.05) is 30.3 Å². The number of aromatic nitrogens is 2. The highest BCUT2D eigenvalue weighted by Crippen LogP contribution is 2.12. The van der Waals surface area contributed by atoms with Crippen molar-refractivity contribution in [1.82, 2.24) is 14.9 Å². The third kappa shape index (κ3) is 4.41. The first kappa shape index (κ1) is 18.8. The normalized spacial score (nSPS) is 10.9. The molecule has 1 heterocycles. The Morgan fingerprint density at radius 2 is 1.89 bits per heavy atom. The topological polar surface area (TPSA) is 75.3 Å². The van der Waals surface area contributed by atoms with E-state index in [0.717, 1.165) is 6.42 Å². The van der Waals surface area contributed by atoms with Gasteiger partial charge in [-0.2, -0.15) is 0 Å². The third-order valence-corrected chi connectivity index (χ3v) is 4.46. The summed E-state index contributed by atoms with van der Waals surface area (Å²) in [5.41, 5.74) is 2.19. The van der Waals surface area contributed by atoms with Gasteiger partial charge in [0.2, 0.25) is 0 Å². The summed E-state index contributed by atoms with van der Waals surface area (Å²) in [4.78, 5) is 34.1. The zero-order valence-electron chi connectivity index (χ0n) is 15.6. The maximum Gasteiger partial charge on any atom is 0.258 e. The highest BCUT2D eigenvalue weighted by Gasteiger charge is 2.17. The number of nitrogens with zero attached hydrogens (tertiary/aromatic N) is 2. The van der Waals surface area contributed by atoms with Crippen molar-refractivity contribution in [3.8, 4) is 0 Å². The largest absolute Gasteiger partial charge is 0.383 e. The molecule has 0 saturated carbocycles. The predicted octanol–water partition coefficient (Wildman–Crippen LogP) is 2.77. The lowest BCUT2D eigenvalue weighted by Crippen LogP contribution is -2.34. The molecule has 6 nitrogen and oxygen atoms in total. The Kier molecular flexibility index (Phi) is 5.98. The average Bonchev–Trinajstić information content (AvgIpc) is 2.70. The minimum absolute atomic E-state index is 0.120. The van der Waals surface area contributed by atoms with E-state index in [1.165, 1.54) is 5.56 Å². The molecule has 0 atom stereocenters. The van der Waals surface area contributed by atoms with Gasteiger partial charge in [0.1, 0.15) is 5.82 Å². The van der Waals surface area contributed by atoms with E-state index < -0.39 is 0 Å². The Bertz CT molecular complexity index is 980. The molecule has 6 heteroatoms. The zero-order chi connectivity index (χ0) is 19.2. The van der Waals surface area contributed by atoms with Gasteiger partial charge in [-0.15, -0.1) is 0 Å². The molecular formula is C21H23N3O3. The number of benzene rings is 2. The molecule has 0 bridgehead atoms. The molecule has 0 saturated heterocycles. The number of rotatable bonds is 7. The lowest BCUT2D eigenvalue weighted by molar-refractivity contribution is 0.0675. The van der Waals surface area contributed by atoms with Crippen LogP contribution in [-0.4, -0.2) is 41.0 Å². The van der Waals surface area contributed by atoms with Gasteiger partial charge in [-0.1, -0.05) is 31.2 Å². The number of nitrogens with one attached hydrogen (secondary N) is 1. The fraction of sp³-hybridized carbons (Fsp3) is 0.286. The molecule has 0 aliphatic heterocycles. The van der Waals surface area contributed by atoms with Gasteiger partial charge in [-0.25, -0.2) is 4.98 Å². The van der Waals surface area contributed by atoms with Crippen molar-refractivity contribution < 1.29 is 9.53 Å². The minimum Gasteiger partial charge on any atom is -0.383 e. The van der Waals surface area contributed by atoms with E-state index in [1.54, 1.807) is 30.2 Å². The van der Waals surface area contributed by atoms with Crippen LogP contribution in [0.15, 0.2) is 53.3 Å². The van der Waals surface area contributed by atoms with Crippen molar-refractivity contribution in [1.29, 1.82) is 0 Å². The smallest absolute Gasteiger partial charge is 0.258 e. The van der Waals surface area contributed by atoms with Crippen LogP contribution in [0.25, 0.3) is 10.9 Å². The third-order valence-electron chi connectivity index (χ3n) is 4.46. The number of fused-ring (bicyclic) bond motifs is 1. The van der Waals surface area contributed by atoms with Crippen LogP contribution in [0.2, 0.25) is 0 Å². The van der Waals surface area contributed by atoms with E-state index >= 15 is 0 Å². The number of methoxy groups -OCH3 is 1. The van der Waals surface area contributed by atoms with Crippen LogP contribution in [0, 0.1) is 0 Å². The summed E-state index contributed by atoms with van der Waals surface area (Å²) in [6, 6.07) is 14.7. The lowest BCUT2D eigenvalue weighted by atomic mass is 10.1. The van der Waals surface area contributed by atoms with E-state index in [0.29, 0.717) is 35.4 Å². The maximum absolute atomic E-state index is 13.0. The van der Waals surface area contributed by atoms with Gasteiger partial charge in [-0.05, 0) is 36.2 Å². The molecule has 1 amide bonds. The summed E-state index contributed by atoms with van der Waals surface area (Å²) in [5.74, 6) is 0.332. The number of ether oxygens (including phenoxy) is 1. The zero-order valence-corrected chi connectivity index (χ0v) is 15.6. The highest BCUT2D eigenvalue weighted by atomic mass is 16.5. The van der Waals surface area contributed by atoms with Crippen molar-refractivity contribution in [3.63, 3.8) is 0 Å². The Labute approximate surface area is 157 Å². The molecule has 0 unspecified atom stereocenters. The Hall–Kier alpha value is -2.99. The number of carbonyl (C=O) groups excluding carboxylic acids is 1. The summed E-state index contributed by atoms with van der Waals surface area (Å²) in [7, 11) is 1.59. The van der Waals surface area contributed by atoms with Crippen LogP contribution in [0.4, 0.5) is 0 Å². The second-order valence-electron chi connectivity index (χ2n) is 6.30. The summed E-state index contributed by atoms with van der Waals surface area (Å²) in [6.45, 7) is 3.08. The van der Waals surface area contributed by atoms with E-state index in [-0.39, 0.29) is 18.0 Å². The van der Waals surface area contributed by atoms with Gasteiger partial charge in [-0.3, -0.25) is 9.59 Å². The van der Waals surface area contributed by atoms with Crippen LogP contribution >= 0.6 is 0 Å². The Morgan fingerprint density at radius 1 is 1.15 bits per heavy atom. The Morgan fingerprint density at radius 3 is 2.59 bits per heavy atom. The van der Waals surface area contributed by atoms with E-state index in [2.05, 4.69) is 16.9 Å². The molecule has 1 aromatic heterocycles. The molecule has 3 rings (SSSR count). The molecule has 0 fully saturated rings. The van der Waals surface area contributed by atoms with Crippen LogP contribution in [-0.2, 0) is 17.7 Å². The first-order valence-corrected chi connectivity index (χ1v) is 8.97. The predicted molar refractivity (Wildman–Crippen MR) is 105 cm³/mol. The van der Waals surface area contributed by atoms with E-state index in [9.17, 15) is 9.59 Å². The number of amides is 1. The number of carbonyl (C=O) groups is 1. The van der Waals surface area contributed by atoms with Crippen LogP contribution in [0.5, 0.6) is 0 Å². The van der Waals surface area contributed by atoms with Crippen LogP contribution in [0.3, 0.4) is 0 Å². The molecule has 0 aliphatic rings. The van der Waals surface area contributed by atoms with Gasteiger partial charge >= 0.3 is 0 Å². The van der Waals surface area contributed by atoms with Gasteiger partial charge < -0.3 is 14.6 Å². The molecule has 1 N–H and O–H groups in total. The number of H-pyrrole nitrogens is 1. The molecule has 0 spiro atoms. The second-order valence-corrected chi connectivity index (χ2v) is 6.30. The molecule has 0 radical (unpaired) electrons. The van der Waals surface area contributed by atoms with E-state index in [4.69, 9.17) is 4.74 Å². The lowest BCUT2D eigenvalue weighted by Gasteiger charge is -2.22. The Balaban J connectivity index is 1.88. The van der Waals surface area contributed by atoms with Crippen molar-refractivity contribution in [2.24, 2.45) is 0 Å². The highest BCUT2D eigenvalue weighted by molar-refractivity contribution is 5.94. The summed E-state index contributed by atoms with van der Waals surface area (Å²) >= 11 is 0. The number of aryl methyl sites for hydroxylation is 1. The summed E-state index contributed by atoms with van der Waals surface area (Å²) in [5, 5.41) is 0.533. The molecule has 27 heavy (non-hydrogen) atoms. The number of hydrogen-bond donors (Lipinski definition) is 1. The van der Waals surface area contributed by atoms with Gasteiger partial charge in [0.25, 0.3) is 11.5 Å². The fourth-order valence-electron chi connectivity index (χ4n) is 2.91. The average molecular weight is 365 g/mol. The van der Waals surface area contributed by atoms with Crippen molar-refractivity contribution in [3.05, 3.63) is 75.8 Å². The number of aromatic amines is 1. The molecule has 3 aromatic rings. The maximum atomic E-state index is 13.0. The first-order chi connectivity index (χ1) is 13.1. The first-order valence-electron chi connectivity index (χ1n) is 8.97. The molecule has 2 aromatic carbocycles. The standard InChI is InChI=1S/C21H23N3O3/c1-3-15-8-10-16(11-9-15)21(26)24(12-13-27-2)14-19-22-18-7-5-4-6-17(18)20(25)23-19/h4-11H,3,12-14H2,1-2H3,(H,22,23,25). The van der Waals surface area contributed by atoms with Crippen LogP contribution in [0.1, 0.15) is 28.7 Å². The molecule has 140 valence electrons. The van der Waals surface area contributed by atoms with Gasteiger partial charge in [0.15, 0.2) is 0 Å². The quantitative estimate of drug-likeness (QED) is 0.699. The van der Waals surface area contributed by atoms with Crippen molar-refractivity contribution in [2.75, 3.05) is 20.3 Å². The van der Waals surface area contributed by atoms with Crippen molar-refractivity contribution in [2.45, 2.75) is 19.9 Å². The minimum atomic E-state index is -0.206. The van der Waals surface area contributed by atoms with Crippen LogP contribution < -0.4 is 5.56 Å². The molecule has 0 aliphatic carbocycles. The van der Waals surface area contributed by atoms with Crippen molar-refractivity contribution >= 4 is 16.8 Å². The SMILES string of the molecule is CCc1ccc(C(=O)N(CCOC)Cc2nc3ccccc3c(=O)[nH]2)cc1.